The number of ether oxygens (including phenoxy) is 2. The number of likely N-dealkylation sites (tertiary alicyclic amines) is 1. The van der Waals surface area contributed by atoms with E-state index >= 15 is 0 Å². The van der Waals surface area contributed by atoms with Crippen LogP contribution in [0.1, 0.15) is 30.9 Å². The number of fused-ring (bicyclic) bond motifs is 1. The maximum Gasteiger partial charge on any atom is 0.239 e. The van der Waals surface area contributed by atoms with Gasteiger partial charge in [0.15, 0.2) is 11.5 Å². The van der Waals surface area contributed by atoms with Gasteiger partial charge in [0.25, 0.3) is 0 Å². The molecule has 2 heterocycles. The van der Waals surface area contributed by atoms with Crippen LogP contribution < -0.4 is 15.2 Å². The van der Waals surface area contributed by atoms with Crippen molar-refractivity contribution in [2.24, 2.45) is 5.73 Å². The summed E-state index contributed by atoms with van der Waals surface area (Å²) in [4.78, 5) is 14.0. The molecule has 1 unspecified atom stereocenters. The van der Waals surface area contributed by atoms with E-state index in [-0.39, 0.29) is 18.7 Å². The minimum Gasteiger partial charge on any atom is -0.454 e. The average Bonchev–Trinajstić information content (AvgIpc) is 2.87. The van der Waals surface area contributed by atoms with E-state index in [0.29, 0.717) is 5.75 Å². The normalized spacial score (nSPS) is 20.2. The molecule has 1 atom stereocenters. The van der Waals surface area contributed by atoms with Gasteiger partial charge in [-0.2, -0.15) is 0 Å². The predicted molar refractivity (Wildman–Crippen MR) is 69.9 cm³/mol. The zero-order valence-electron chi connectivity index (χ0n) is 10.8. The number of amides is 1. The Labute approximate surface area is 112 Å². The third-order valence-corrected chi connectivity index (χ3v) is 3.74. The van der Waals surface area contributed by atoms with Gasteiger partial charge in [0.1, 0.15) is 6.04 Å². The Balaban J connectivity index is 1.89. The highest BCUT2D eigenvalue weighted by Gasteiger charge is 2.28. The summed E-state index contributed by atoms with van der Waals surface area (Å²) in [5, 5.41) is 0. The second kappa shape index (κ2) is 5.09. The van der Waals surface area contributed by atoms with Gasteiger partial charge in [0, 0.05) is 0 Å². The number of carbonyl (C=O) groups excluding carboxylic acids is 1. The van der Waals surface area contributed by atoms with Crippen LogP contribution in [-0.2, 0) is 4.79 Å². The Morgan fingerprint density at radius 2 is 1.89 bits per heavy atom. The van der Waals surface area contributed by atoms with Crippen LogP contribution in [0.4, 0.5) is 0 Å². The lowest BCUT2D eigenvalue weighted by Crippen LogP contribution is -2.40. The summed E-state index contributed by atoms with van der Waals surface area (Å²) in [6.07, 6.45) is 3.46. The number of hydrogen-bond acceptors (Lipinski definition) is 4. The second-order valence-electron chi connectivity index (χ2n) is 5.01. The summed E-state index contributed by atoms with van der Waals surface area (Å²) in [7, 11) is 0. The van der Waals surface area contributed by atoms with Gasteiger partial charge in [-0.05, 0) is 43.6 Å². The SMILES string of the molecule is NC(=O)C(c1ccc2c(c1)OCO2)N1CCCCC1. The first kappa shape index (κ1) is 12.3. The van der Waals surface area contributed by atoms with E-state index in [4.69, 9.17) is 15.2 Å². The summed E-state index contributed by atoms with van der Waals surface area (Å²) in [6, 6.07) is 5.25. The Hall–Kier alpha value is -1.75. The number of nitrogens with two attached hydrogens (primary N) is 1. The van der Waals surface area contributed by atoms with Gasteiger partial charge in [-0.1, -0.05) is 12.5 Å². The molecule has 2 aliphatic heterocycles. The van der Waals surface area contributed by atoms with Crippen LogP contribution in [0, 0.1) is 0 Å². The maximum atomic E-state index is 11.8. The fourth-order valence-corrected chi connectivity index (χ4v) is 2.81. The molecule has 1 saturated heterocycles. The van der Waals surface area contributed by atoms with Crippen LogP contribution in [0.15, 0.2) is 18.2 Å². The fourth-order valence-electron chi connectivity index (χ4n) is 2.81. The lowest BCUT2D eigenvalue weighted by atomic mass is 10.0. The van der Waals surface area contributed by atoms with Crippen molar-refractivity contribution >= 4 is 5.91 Å². The molecule has 5 heteroatoms. The number of nitrogens with zero attached hydrogens (tertiary/aromatic N) is 1. The van der Waals surface area contributed by atoms with E-state index < -0.39 is 0 Å². The Bertz CT molecular complexity index is 484. The zero-order chi connectivity index (χ0) is 13.2. The molecule has 0 radical (unpaired) electrons. The molecular weight excluding hydrogens is 244 g/mol. The average molecular weight is 262 g/mol. The van der Waals surface area contributed by atoms with Crippen molar-refractivity contribution in [2.45, 2.75) is 25.3 Å². The Morgan fingerprint density at radius 1 is 1.16 bits per heavy atom. The van der Waals surface area contributed by atoms with Crippen molar-refractivity contribution in [1.29, 1.82) is 0 Å². The van der Waals surface area contributed by atoms with Crippen LogP contribution in [0.3, 0.4) is 0 Å². The van der Waals surface area contributed by atoms with Crippen molar-refractivity contribution in [3.05, 3.63) is 23.8 Å². The largest absolute Gasteiger partial charge is 0.454 e. The number of benzene rings is 1. The van der Waals surface area contributed by atoms with Gasteiger partial charge < -0.3 is 15.2 Å². The molecule has 1 aromatic carbocycles. The summed E-state index contributed by atoms with van der Waals surface area (Å²) in [5.74, 6) is 1.12. The number of piperidine rings is 1. The number of hydrogen-bond donors (Lipinski definition) is 1. The summed E-state index contributed by atoms with van der Waals surface area (Å²) in [5.41, 5.74) is 6.48. The number of rotatable bonds is 3. The molecule has 102 valence electrons. The summed E-state index contributed by atoms with van der Waals surface area (Å²) >= 11 is 0. The third-order valence-electron chi connectivity index (χ3n) is 3.74. The monoisotopic (exact) mass is 262 g/mol. The highest BCUT2D eigenvalue weighted by molar-refractivity contribution is 5.81. The summed E-state index contributed by atoms with van der Waals surface area (Å²) in [6.45, 7) is 2.08. The van der Waals surface area contributed by atoms with Crippen LogP contribution >= 0.6 is 0 Å². The number of carbonyl (C=O) groups is 1. The molecule has 1 fully saturated rings. The van der Waals surface area contributed by atoms with Crippen molar-refractivity contribution in [1.82, 2.24) is 4.90 Å². The molecule has 0 spiro atoms. The van der Waals surface area contributed by atoms with Crippen LogP contribution in [0.5, 0.6) is 11.5 Å². The summed E-state index contributed by atoms with van der Waals surface area (Å²) < 4.78 is 10.7. The first-order valence-corrected chi connectivity index (χ1v) is 6.68. The molecule has 3 rings (SSSR count). The van der Waals surface area contributed by atoms with Gasteiger partial charge in [-0.15, -0.1) is 0 Å². The highest BCUT2D eigenvalue weighted by Crippen LogP contribution is 2.35. The lowest BCUT2D eigenvalue weighted by molar-refractivity contribution is -0.123. The fraction of sp³-hybridized carbons (Fsp3) is 0.500. The smallest absolute Gasteiger partial charge is 0.239 e. The van der Waals surface area contributed by atoms with E-state index in [0.717, 1.165) is 37.2 Å². The third kappa shape index (κ3) is 2.38. The van der Waals surface area contributed by atoms with Crippen molar-refractivity contribution < 1.29 is 14.3 Å². The molecule has 19 heavy (non-hydrogen) atoms. The van der Waals surface area contributed by atoms with Gasteiger partial charge in [-0.3, -0.25) is 9.69 Å². The molecule has 0 aliphatic carbocycles. The van der Waals surface area contributed by atoms with Gasteiger partial charge in [-0.25, -0.2) is 0 Å². The van der Waals surface area contributed by atoms with Crippen molar-refractivity contribution in [3.63, 3.8) is 0 Å². The van der Waals surface area contributed by atoms with Crippen LogP contribution in [0.2, 0.25) is 0 Å². The standard InChI is InChI=1S/C14H18N2O3/c15-14(17)13(16-6-2-1-3-7-16)10-4-5-11-12(8-10)19-9-18-11/h4-5,8,13H,1-3,6-7,9H2,(H2,15,17). The van der Waals surface area contributed by atoms with E-state index in [9.17, 15) is 4.79 Å². The van der Waals surface area contributed by atoms with Gasteiger partial charge in [0.2, 0.25) is 12.7 Å². The minimum atomic E-state index is -0.366. The highest BCUT2D eigenvalue weighted by atomic mass is 16.7. The van der Waals surface area contributed by atoms with Crippen LogP contribution in [0.25, 0.3) is 0 Å². The molecule has 0 saturated carbocycles. The second-order valence-corrected chi connectivity index (χ2v) is 5.01. The molecular formula is C14H18N2O3. The van der Waals surface area contributed by atoms with E-state index in [1.54, 1.807) is 0 Å². The van der Waals surface area contributed by atoms with Crippen molar-refractivity contribution in [3.8, 4) is 11.5 Å². The maximum absolute atomic E-state index is 11.8. The van der Waals surface area contributed by atoms with E-state index in [1.807, 2.05) is 18.2 Å². The van der Waals surface area contributed by atoms with Gasteiger partial charge in [0.05, 0.1) is 0 Å². The topological polar surface area (TPSA) is 64.8 Å². The predicted octanol–water partition coefficient (Wildman–Crippen LogP) is 1.43. The quantitative estimate of drug-likeness (QED) is 0.895. The Morgan fingerprint density at radius 3 is 2.63 bits per heavy atom. The lowest BCUT2D eigenvalue weighted by Gasteiger charge is -2.32. The number of primary amides is 1. The molecule has 2 N–H and O–H groups in total. The minimum absolute atomic E-state index is 0.240. The molecule has 2 aliphatic rings. The Kier molecular flexibility index (Phi) is 3.29. The van der Waals surface area contributed by atoms with E-state index in [1.165, 1.54) is 6.42 Å². The molecule has 5 nitrogen and oxygen atoms in total. The molecule has 1 aromatic rings. The first-order valence-electron chi connectivity index (χ1n) is 6.68. The first-order chi connectivity index (χ1) is 9.25. The zero-order valence-corrected chi connectivity index (χ0v) is 10.8. The molecule has 1 amide bonds. The van der Waals surface area contributed by atoms with Gasteiger partial charge >= 0.3 is 0 Å². The molecule has 0 bridgehead atoms. The van der Waals surface area contributed by atoms with E-state index in [2.05, 4.69) is 4.90 Å². The van der Waals surface area contributed by atoms with Crippen molar-refractivity contribution in [2.75, 3.05) is 19.9 Å². The molecule has 0 aromatic heterocycles. The van der Waals surface area contributed by atoms with Crippen LogP contribution in [-0.4, -0.2) is 30.7 Å².